The summed E-state index contributed by atoms with van der Waals surface area (Å²) in [7, 11) is 0. The van der Waals surface area contributed by atoms with E-state index in [1.807, 2.05) is 18.2 Å². The molecule has 0 aliphatic heterocycles. The fourth-order valence-corrected chi connectivity index (χ4v) is 0.839. The van der Waals surface area contributed by atoms with Crippen LogP contribution in [-0.4, -0.2) is 54.0 Å². The van der Waals surface area contributed by atoms with E-state index in [-0.39, 0.29) is 48.9 Å². The number of para-hydroxylation sites is 1. The molecule has 56 valence electrons. The maximum atomic E-state index is 9.19. The average Bonchev–Trinajstić information content (AvgIpc) is 1.94. The monoisotopic (exact) mass is 274 g/mol. The SMILES string of the molecule is C=CCc1ccccc1O.[BaH2]. The summed E-state index contributed by atoms with van der Waals surface area (Å²) in [6.07, 6.45) is 2.50. The molecule has 1 N–H and O–H groups in total. The van der Waals surface area contributed by atoms with Crippen molar-refractivity contribution in [3.05, 3.63) is 42.5 Å². The molecule has 1 rings (SSSR count). The summed E-state index contributed by atoms with van der Waals surface area (Å²) in [5.74, 6) is 0.349. The van der Waals surface area contributed by atoms with Crippen LogP contribution >= 0.6 is 0 Å². The molecule has 0 aliphatic rings. The second-order valence-corrected chi connectivity index (χ2v) is 2.12. The first-order chi connectivity index (χ1) is 4.84. The van der Waals surface area contributed by atoms with Crippen LogP contribution in [0.3, 0.4) is 0 Å². The van der Waals surface area contributed by atoms with Crippen LogP contribution in [0.2, 0.25) is 0 Å². The van der Waals surface area contributed by atoms with Crippen molar-refractivity contribution in [2.24, 2.45) is 0 Å². The van der Waals surface area contributed by atoms with Gasteiger partial charge in [0.1, 0.15) is 5.75 Å². The molecule has 0 atom stereocenters. The molecule has 0 unspecified atom stereocenters. The molecular weight excluding hydrogens is 261 g/mol. The van der Waals surface area contributed by atoms with Crippen molar-refractivity contribution in [3.8, 4) is 5.75 Å². The Kier molecular flexibility index (Phi) is 6.09. The molecule has 0 radical (unpaired) electrons. The first kappa shape index (κ1) is 11.3. The Morgan fingerprint density at radius 3 is 2.55 bits per heavy atom. The quantitative estimate of drug-likeness (QED) is 0.634. The van der Waals surface area contributed by atoms with Gasteiger partial charge in [-0.3, -0.25) is 0 Å². The number of benzene rings is 1. The molecule has 1 aromatic rings. The molecule has 0 saturated heterocycles. The third-order valence-corrected chi connectivity index (χ3v) is 1.36. The van der Waals surface area contributed by atoms with Gasteiger partial charge in [0.25, 0.3) is 0 Å². The number of phenols is 1. The van der Waals surface area contributed by atoms with E-state index in [0.29, 0.717) is 5.75 Å². The number of aromatic hydroxyl groups is 1. The molecular formula is C9H12BaO. The normalized spacial score (nSPS) is 8.36. The summed E-state index contributed by atoms with van der Waals surface area (Å²) in [5, 5.41) is 9.19. The van der Waals surface area contributed by atoms with Crippen molar-refractivity contribution in [1.82, 2.24) is 0 Å². The molecule has 0 amide bonds. The zero-order valence-electron chi connectivity index (χ0n) is 5.75. The summed E-state index contributed by atoms with van der Waals surface area (Å²) in [4.78, 5) is 0. The van der Waals surface area contributed by atoms with Crippen LogP contribution < -0.4 is 0 Å². The van der Waals surface area contributed by atoms with E-state index in [4.69, 9.17) is 0 Å². The van der Waals surface area contributed by atoms with Crippen LogP contribution in [0.4, 0.5) is 0 Å². The van der Waals surface area contributed by atoms with Gasteiger partial charge in [-0.05, 0) is 18.1 Å². The van der Waals surface area contributed by atoms with E-state index >= 15 is 0 Å². The van der Waals surface area contributed by atoms with Crippen LogP contribution in [0.1, 0.15) is 5.56 Å². The number of rotatable bonds is 2. The third-order valence-electron chi connectivity index (χ3n) is 1.36. The first-order valence-electron chi connectivity index (χ1n) is 3.22. The van der Waals surface area contributed by atoms with Gasteiger partial charge in [-0.25, -0.2) is 0 Å². The molecule has 11 heavy (non-hydrogen) atoms. The van der Waals surface area contributed by atoms with E-state index < -0.39 is 0 Å². The molecule has 0 bridgehead atoms. The molecule has 0 aliphatic carbocycles. The van der Waals surface area contributed by atoms with Crippen molar-refractivity contribution >= 4 is 48.9 Å². The first-order valence-corrected chi connectivity index (χ1v) is 3.22. The van der Waals surface area contributed by atoms with Gasteiger partial charge in [0.2, 0.25) is 0 Å². The Labute approximate surface area is 107 Å². The van der Waals surface area contributed by atoms with Crippen LogP contribution in [0.15, 0.2) is 36.9 Å². The number of hydrogen-bond donors (Lipinski definition) is 1. The molecule has 0 fully saturated rings. The number of hydrogen-bond acceptors (Lipinski definition) is 1. The molecule has 1 nitrogen and oxygen atoms in total. The Morgan fingerprint density at radius 2 is 2.00 bits per heavy atom. The third kappa shape index (κ3) is 3.49. The summed E-state index contributed by atoms with van der Waals surface area (Å²) in [5.41, 5.74) is 0.928. The predicted octanol–water partition coefficient (Wildman–Crippen LogP) is 1.20. The summed E-state index contributed by atoms with van der Waals surface area (Å²) < 4.78 is 0. The second-order valence-electron chi connectivity index (χ2n) is 2.12. The molecule has 2 heteroatoms. The van der Waals surface area contributed by atoms with E-state index in [9.17, 15) is 5.11 Å². The van der Waals surface area contributed by atoms with E-state index in [1.165, 1.54) is 0 Å². The van der Waals surface area contributed by atoms with Crippen LogP contribution in [-0.2, 0) is 6.42 Å². The Morgan fingerprint density at radius 1 is 1.36 bits per heavy atom. The van der Waals surface area contributed by atoms with Crippen LogP contribution in [0, 0.1) is 0 Å². The summed E-state index contributed by atoms with van der Waals surface area (Å²) in [6, 6.07) is 7.27. The van der Waals surface area contributed by atoms with Gasteiger partial charge in [-0.1, -0.05) is 24.3 Å². The van der Waals surface area contributed by atoms with Crippen molar-refractivity contribution in [2.45, 2.75) is 6.42 Å². The fraction of sp³-hybridized carbons (Fsp3) is 0.111. The molecule has 0 saturated carbocycles. The fourth-order valence-electron chi connectivity index (χ4n) is 0.839. The second kappa shape index (κ2) is 5.92. The van der Waals surface area contributed by atoms with E-state index in [1.54, 1.807) is 12.1 Å². The Balaban J connectivity index is 0.000001000. The van der Waals surface area contributed by atoms with Gasteiger partial charge in [0.05, 0.1) is 0 Å². The topological polar surface area (TPSA) is 20.2 Å². The standard InChI is InChI=1S/C9H10O.Ba.2H/c1-2-5-8-6-3-4-7-9(8)10;;;/h2-4,6-7,10H,1,5H2;;;. The van der Waals surface area contributed by atoms with Crippen molar-refractivity contribution in [3.63, 3.8) is 0 Å². The molecule has 0 spiro atoms. The summed E-state index contributed by atoms with van der Waals surface area (Å²) in [6.45, 7) is 3.59. The Bertz CT molecular complexity index is 233. The zero-order chi connectivity index (χ0) is 7.40. The van der Waals surface area contributed by atoms with Gasteiger partial charge in [-0.15, -0.1) is 6.58 Å². The minimum absolute atomic E-state index is 0. The zero-order valence-corrected chi connectivity index (χ0v) is 5.75. The summed E-state index contributed by atoms with van der Waals surface area (Å²) >= 11 is 0. The van der Waals surface area contributed by atoms with Gasteiger partial charge >= 0.3 is 48.9 Å². The van der Waals surface area contributed by atoms with Crippen LogP contribution in [0.5, 0.6) is 5.75 Å². The van der Waals surface area contributed by atoms with Gasteiger partial charge in [0, 0.05) is 0 Å². The number of allylic oxidation sites excluding steroid dienone is 1. The van der Waals surface area contributed by atoms with E-state index in [2.05, 4.69) is 6.58 Å². The van der Waals surface area contributed by atoms with Crippen molar-refractivity contribution in [1.29, 1.82) is 0 Å². The molecule has 0 heterocycles. The van der Waals surface area contributed by atoms with E-state index in [0.717, 1.165) is 12.0 Å². The molecule has 0 aromatic heterocycles. The molecule has 1 aromatic carbocycles. The maximum absolute atomic E-state index is 9.19. The minimum atomic E-state index is 0. The van der Waals surface area contributed by atoms with Gasteiger partial charge in [0.15, 0.2) is 0 Å². The van der Waals surface area contributed by atoms with Crippen molar-refractivity contribution < 1.29 is 5.11 Å². The van der Waals surface area contributed by atoms with Gasteiger partial charge in [-0.2, -0.15) is 0 Å². The van der Waals surface area contributed by atoms with Crippen LogP contribution in [0.25, 0.3) is 0 Å². The number of phenolic OH excluding ortho intramolecular Hbond substituents is 1. The van der Waals surface area contributed by atoms with Crippen molar-refractivity contribution in [2.75, 3.05) is 0 Å². The van der Waals surface area contributed by atoms with Gasteiger partial charge < -0.3 is 5.11 Å². The average molecular weight is 274 g/mol. The predicted molar refractivity (Wildman–Crippen MR) is 50.6 cm³/mol. The Hall–Kier alpha value is 0.331.